The predicted molar refractivity (Wildman–Crippen MR) is 101 cm³/mol. The average Bonchev–Trinajstić information content (AvgIpc) is 3.36. The third-order valence-electron chi connectivity index (χ3n) is 4.05. The van der Waals surface area contributed by atoms with Crippen LogP contribution in [0.1, 0.15) is 23.8 Å². The first-order valence-electron chi connectivity index (χ1n) is 8.35. The van der Waals surface area contributed by atoms with E-state index in [1.165, 1.54) is 0 Å². The molecule has 0 aliphatic carbocycles. The summed E-state index contributed by atoms with van der Waals surface area (Å²) in [5.41, 5.74) is 2.05. The molecule has 2 aromatic heterocycles. The lowest BCUT2D eigenvalue weighted by atomic mass is 10.1. The van der Waals surface area contributed by atoms with E-state index in [0.717, 1.165) is 16.9 Å². The molecule has 1 amide bonds. The minimum Gasteiger partial charge on any atom is -0.497 e. The van der Waals surface area contributed by atoms with E-state index >= 15 is 0 Å². The highest BCUT2D eigenvalue weighted by Crippen LogP contribution is 2.26. The molecule has 5 nitrogen and oxygen atoms in total. The second-order valence-electron chi connectivity index (χ2n) is 5.88. The van der Waals surface area contributed by atoms with Crippen LogP contribution in [-0.2, 0) is 11.2 Å². The van der Waals surface area contributed by atoms with Crippen LogP contribution < -0.4 is 10.1 Å². The van der Waals surface area contributed by atoms with Crippen molar-refractivity contribution in [3.05, 3.63) is 64.5 Å². The van der Waals surface area contributed by atoms with Crippen molar-refractivity contribution in [3.8, 4) is 17.1 Å². The normalized spacial score (nSPS) is 11.9. The summed E-state index contributed by atoms with van der Waals surface area (Å²) >= 11 is 1.59. The van der Waals surface area contributed by atoms with E-state index in [1.807, 2.05) is 47.2 Å². The van der Waals surface area contributed by atoms with Gasteiger partial charge in [0.15, 0.2) is 0 Å². The molecule has 26 heavy (non-hydrogen) atoms. The number of aliphatic hydroxyl groups excluding tert-OH is 1. The van der Waals surface area contributed by atoms with Gasteiger partial charge < -0.3 is 19.6 Å². The van der Waals surface area contributed by atoms with Gasteiger partial charge in [-0.25, -0.2) is 0 Å². The number of methoxy groups -OCH3 is 1. The summed E-state index contributed by atoms with van der Waals surface area (Å²) in [6.45, 7) is 0.123. The van der Waals surface area contributed by atoms with Gasteiger partial charge in [0.2, 0.25) is 5.91 Å². The molecular weight excluding hydrogens is 350 g/mol. The third-order valence-corrected chi connectivity index (χ3v) is 4.74. The zero-order chi connectivity index (χ0) is 18.4. The van der Waals surface area contributed by atoms with Crippen molar-refractivity contribution in [2.24, 2.45) is 0 Å². The number of hydrogen-bond acceptors (Lipinski definition) is 5. The largest absolute Gasteiger partial charge is 0.497 e. The van der Waals surface area contributed by atoms with Crippen molar-refractivity contribution < 1.29 is 19.1 Å². The summed E-state index contributed by atoms with van der Waals surface area (Å²) in [7, 11) is 1.62. The topological polar surface area (TPSA) is 71.7 Å². The molecule has 3 rings (SSSR count). The number of benzene rings is 1. The molecule has 0 radical (unpaired) electrons. The highest BCUT2D eigenvalue weighted by Gasteiger charge is 2.14. The fraction of sp³-hybridized carbons (Fsp3) is 0.250. The number of carbonyl (C=O) groups excluding carboxylic acids is 1. The molecule has 136 valence electrons. The minimum atomic E-state index is -0.868. The summed E-state index contributed by atoms with van der Waals surface area (Å²) < 4.78 is 10.8. The molecule has 0 aliphatic heterocycles. The van der Waals surface area contributed by atoms with Gasteiger partial charge in [-0.2, -0.15) is 11.3 Å². The number of rotatable bonds is 8. The highest BCUT2D eigenvalue weighted by atomic mass is 32.1. The van der Waals surface area contributed by atoms with Crippen LogP contribution in [0.3, 0.4) is 0 Å². The van der Waals surface area contributed by atoms with Crippen LogP contribution in [0.5, 0.6) is 5.75 Å². The number of furan rings is 1. The summed E-state index contributed by atoms with van der Waals surface area (Å²) in [6.07, 6.45) is 0.124. The van der Waals surface area contributed by atoms with E-state index in [0.29, 0.717) is 24.4 Å². The molecule has 0 saturated carbocycles. The Kier molecular flexibility index (Phi) is 6.09. The molecule has 0 fully saturated rings. The van der Waals surface area contributed by atoms with Gasteiger partial charge in [0.05, 0.1) is 13.7 Å². The molecule has 3 aromatic rings. The fourth-order valence-electron chi connectivity index (χ4n) is 2.54. The van der Waals surface area contributed by atoms with E-state index in [9.17, 15) is 9.90 Å². The van der Waals surface area contributed by atoms with Crippen LogP contribution in [-0.4, -0.2) is 24.7 Å². The first-order chi connectivity index (χ1) is 12.7. The van der Waals surface area contributed by atoms with Crippen LogP contribution in [0.2, 0.25) is 0 Å². The first kappa shape index (κ1) is 18.2. The summed E-state index contributed by atoms with van der Waals surface area (Å²) in [5, 5.41) is 16.9. The van der Waals surface area contributed by atoms with Crippen molar-refractivity contribution in [2.45, 2.75) is 18.9 Å². The van der Waals surface area contributed by atoms with Crippen molar-refractivity contribution in [2.75, 3.05) is 13.7 Å². The number of amides is 1. The van der Waals surface area contributed by atoms with Crippen molar-refractivity contribution in [1.82, 2.24) is 5.32 Å². The van der Waals surface area contributed by atoms with Crippen LogP contribution in [0, 0.1) is 0 Å². The molecule has 0 spiro atoms. The van der Waals surface area contributed by atoms with Gasteiger partial charge in [-0.3, -0.25) is 4.79 Å². The van der Waals surface area contributed by atoms with E-state index in [2.05, 4.69) is 5.32 Å². The molecule has 2 N–H and O–H groups in total. The van der Waals surface area contributed by atoms with Crippen molar-refractivity contribution in [3.63, 3.8) is 0 Å². The van der Waals surface area contributed by atoms with Gasteiger partial charge in [0.25, 0.3) is 0 Å². The van der Waals surface area contributed by atoms with E-state index < -0.39 is 6.10 Å². The maximum Gasteiger partial charge on any atom is 0.220 e. The SMILES string of the molecule is COc1ccc(CCC(=O)NCC(O)c2ccc(-c3ccsc3)o2)cc1. The third kappa shape index (κ3) is 4.74. The quantitative estimate of drug-likeness (QED) is 0.632. The van der Waals surface area contributed by atoms with Crippen molar-refractivity contribution in [1.29, 1.82) is 0 Å². The maximum atomic E-state index is 12.0. The Balaban J connectivity index is 1.45. The zero-order valence-corrected chi connectivity index (χ0v) is 15.3. The van der Waals surface area contributed by atoms with Crippen LogP contribution in [0.4, 0.5) is 0 Å². The van der Waals surface area contributed by atoms with Gasteiger partial charge >= 0.3 is 0 Å². The number of aliphatic hydroxyl groups is 1. The molecule has 2 heterocycles. The average molecular weight is 371 g/mol. The van der Waals surface area contributed by atoms with Crippen LogP contribution in [0.25, 0.3) is 11.3 Å². The fourth-order valence-corrected chi connectivity index (χ4v) is 3.19. The molecule has 1 atom stereocenters. The Morgan fingerprint density at radius 1 is 1.23 bits per heavy atom. The van der Waals surface area contributed by atoms with Gasteiger partial charge in [0, 0.05) is 17.4 Å². The zero-order valence-electron chi connectivity index (χ0n) is 14.5. The van der Waals surface area contributed by atoms with Gasteiger partial charge in [-0.1, -0.05) is 12.1 Å². The Morgan fingerprint density at radius 3 is 2.73 bits per heavy atom. The molecule has 6 heteroatoms. The van der Waals surface area contributed by atoms with E-state index in [-0.39, 0.29) is 12.5 Å². The predicted octanol–water partition coefficient (Wildman–Crippen LogP) is 3.80. The number of hydrogen-bond donors (Lipinski definition) is 2. The van der Waals surface area contributed by atoms with Crippen LogP contribution >= 0.6 is 11.3 Å². The monoisotopic (exact) mass is 371 g/mol. The number of carbonyl (C=O) groups is 1. The first-order valence-corrected chi connectivity index (χ1v) is 9.30. The number of thiophene rings is 1. The number of ether oxygens (including phenoxy) is 1. The molecule has 0 aliphatic rings. The summed E-state index contributed by atoms with van der Waals surface area (Å²) in [6, 6.07) is 13.2. The summed E-state index contributed by atoms with van der Waals surface area (Å²) in [4.78, 5) is 12.0. The van der Waals surface area contributed by atoms with E-state index in [4.69, 9.17) is 9.15 Å². The highest BCUT2D eigenvalue weighted by molar-refractivity contribution is 7.08. The van der Waals surface area contributed by atoms with Crippen LogP contribution in [0.15, 0.2) is 57.6 Å². The summed E-state index contributed by atoms with van der Waals surface area (Å²) in [5.74, 6) is 1.85. The molecular formula is C20H21NO4S. The van der Waals surface area contributed by atoms with Gasteiger partial charge in [0.1, 0.15) is 23.4 Å². The van der Waals surface area contributed by atoms with Crippen molar-refractivity contribution >= 4 is 17.2 Å². The lowest BCUT2D eigenvalue weighted by molar-refractivity contribution is -0.121. The Morgan fingerprint density at radius 2 is 2.04 bits per heavy atom. The maximum absolute atomic E-state index is 12.0. The minimum absolute atomic E-state index is 0.107. The lowest BCUT2D eigenvalue weighted by Crippen LogP contribution is -2.28. The Bertz CT molecular complexity index is 824. The number of aryl methyl sites for hydroxylation is 1. The molecule has 1 aromatic carbocycles. The van der Waals surface area contributed by atoms with Gasteiger partial charge in [-0.15, -0.1) is 0 Å². The standard InChI is InChI=1S/C20H21NO4S/c1-24-16-5-2-14(3-6-16)4-9-20(23)21-12-17(22)19-8-7-18(25-19)15-10-11-26-13-15/h2-3,5-8,10-11,13,17,22H,4,9,12H2,1H3,(H,21,23). The van der Waals surface area contributed by atoms with Gasteiger partial charge in [-0.05, 0) is 47.7 Å². The molecule has 0 saturated heterocycles. The second-order valence-corrected chi connectivity index (χ2v) is 6.66. The van der Waals surface area contributed by atoms with E-state index in [1.54, 1.807) is 24.5 Å². The molecule has 1 unspecified atom stereocenters. The Hall–Kier alpha value is -2.57. The Labute approximate surface area is 156 Å². The number of nitrogens with one attached hydrogen (secondary N) is 1. The smallest absolute Gasteiger partial charge is 0.220 e. The molecule has 0 bridgehead atoms. The second kappa shape index (κ2) is 8.69. The lowest BCUT2D eigenvalue weighted by Gasteiger charge is -2.10.